The van der Waals surface area contributed by atoms with Gasteiger partial charge in [-0.1, -0.05) is 24.3 Å². The molecule has 0 aliphatic heterocycles. The van der Waals surface area contributed by atoms with Crippen molar-refractivity contribution in [1.29, 1.82) is 0 Å². The minimum atomic E-state index is -1.55. The summed E-state index contributed by atoms with van der Waals surface area (Å²) in [6.07, 6.45) is -3.63. The number of nitrogens with zero attached hydrogens (tertiary/aromatic N) is 1. The van der Waals surface area contributed by atoms with E-state index in [2.05, 4.69) is 26.6 Å². The van der Waals surface area contributed by atoms with E-state index in [1.807, 2.05) is 0 Å². The minimum absolute atomic E-state index is 0.124. The lowest BCUT2D eigenvalue weighted by Gasteiger charge is -2.25. The van der Waals surface area contributed by atoms with Gasteiger partial charge in [-0.2, -0.15) is 0 Å². The predicted octanol–water partition coefficient (Wildman–Crippen LogP) is -1.78. The molecule has 0 bridgehead atoms. The van der Waals surface area contributed by atoms with Gasteiger partial charge in [0, 0.05) is 44.2 Å². The zero-order valence-corrected chi connectivity index (χ0v) is 29.6. The fourth-order valence-electron chi connectivity index (χ4n) is 4.93. The second kappa shape index (κ2) is 22.2. The number of nitro groups is 1. The van der Waals surface area contributed by atoms with Gasteiger partial charge in [0.15, 0.2) is 0 Å². The molecular weight excluding hydrogens is 746 g/mol. The van der Waals surface area contributed by atoms with Crippen LogP contribution in [0.15, 0.2) is 48.5 Å². The van der Waals surface area contributed by atoms with Crippen LogP contribution in [0.1, 0.15) is 49.7 Å². The van der Waals surface area contributed by atoms with Crippen LogP contribution in [0, 0.1) is 10.1 Å². The van der Waals surface area contributed by atoms with Crippen LogP contribution in [0.3, 0.4) is 0 Å². The molecule has 2 aromatic carbocycles. The largest absolute Gasteiger partial charge is 0.508 e. The number of phenolic OH excluding ortho intramolecular Hbond substituents is 1. The van der Waals surface area contributed by atoms with Crippen LogP contribution in [-0.4, -0.2) is 109 Å². The summed E-state index contributed by atoms with van der Waals surface area (Å²) in [6.45, 7) is -0.816. The van der Waals surface area contributed by atoms with E-state index in [9.17, 15) is 58.4 Å². The molecule has 0 saturated heterocycles. The average Bonchev–Trinajstić information content (AvgIpc) is 3.13. The number of carboxylic acids is 3. The maximum Gasteiger partial charge on any atom is 0.303 e. The number of hydrogen-bond acceptors (Lipinski definition) is 12. The summed E-state index contributed by atoms with van der Waals surface area (Å²) in [5, 5.41) is 59.3. The van der Waals surface area contributed by atoms with Crippen molar-refractivity contribution < 1.29 is 68.5 Å². The standard InChI is InChI=1S/C34H41N7O15/c35-31(51)22(9-12-28(45)46)39-34(54)25(16-18-1-5-20(6-2-18)41(55)56)40-33(53)24(15-19-3-7-21(42)8-4-19)38-27(44)17-36-32(52)23(10-13-29(47)48)37-26(43)11-14-30(49)50/h1-8,22-25,42H,9-17H2,(H2,35,51)(H,36,52)(H,37,43)(H,38,44)(H,39,54)(H,40,53)(H,45,46)(H,47,48)(H,49,50)/t22?,23-,24-,25-/m0/s1. The number of nitro benzene ring substituents is 1. The maximum atomic E-state index is 13.8. The van der Waals surface area contributed by atoms with Gasteiger partial charge in [0.05, 0.1) is 17.9 Å². The number of carbonyl (C=O) groups is 9. The van der Waals surface area contributed by atoms with Crippen LogP contribution in [0.4, 0.5) is 5.69 Å². The van der Waals surface area contributed by atoms with E-state index >= 15 is 0 Å². The third kappa shape index (κ3) is 16.7. The number of benzene rings is 2. The molecule has 0 heterocycles. The van der Waals surface area contributed by atoms with Crippen molar-refractivity contribution in [2.75, 3.05) is 6.54 Å². The van der Waals surface area contributed by atoms with Crippen molar-refractivity contribution in [2.45, 2.75) is 75.5 Å². The van der Waals surface area contributed by atoms with E-state index in [1.165, 1.54) is 36.4 Å². The Labute approximate surface area is 317 Å². The fourth-order valence-corrected chi connectivity index (χ4v) is 4.93. The van der Waals surface area contributed by atoms with Gasteiger partial charge in [-0.05, 0) is 36.1 Å². The van der Waals surface area contributed by atoms with Crippen LogP contribution in [-0.2, 0) is 56.0 Å². The number of aliphatic carboxylic acids is 3. The summed E-state index contributed by atoms with van der Waals surface area (Å²) in [5.74, 6) is -9.96. The van der Waals surface area contributed by atoms with Gasteiger partial charge in [-0.3, -0.25) is 53.3 Å². The molecule has 0 saturated carbocycles. The van der Waals surface area contributed by atoms with Gasteiger partial charge < -0.3 is 52.7 Å². The van der Waals surface area contributed by atoms with Crippen LogP contribution in [0.5, 0.6) is 5.75 Å². The first-order valence-electron chi connectivity index (χ1n) is 16.8. The monoisotopic (exact) mass is 787 g/mol. The van der Waals surface area contributed by atoms with E-state index in [0.29, 0.717) is 11.1 Å². The van der Waals surface area contributed by atoms with E-state index in [0.717, 1.165) is 12.1 Å². The van der Waals surface area contributed by atoms with Crippen molar-refractivity contribution in [3.8, 4) is 5.75 Å². The smallest absolute Gasteiger partial charge is 0.303 e. The van der Waals surface area contributed by atoms with Gasteiger partial charge in [0.1, 0.15) is 29.9 Å². The number of phenols is 1. The topological polar surface area (TPSA) is 364 Å². The molecule has 0 spiro atoms. The lowest BCUT2D eigenvalue weighted by Crippen LogP contribution is -2.58. The molecule has 0 aliphatic carbocycles. The van der Waals surface area contributed by atoms with Crippen molar-refractivity contribution in [3.63, 3.8) is 0 Å². The Kier molecular flexibility index (Phi) is 17.8. The van der Waals surface area contributed by atoms with E-state index in [1.54, 1.807) is 0 Å². The predicted molar refractivity (Wildman–Crippen MR) is 189 cm³/mol. The summed E-state index contributed by atoms with van der Waals surface area (Å²) in [6, 6.07) is 4.30. The normalized spacial score (nSPS) is 12.7. The zero-order valence-electron chi connectivity index (χ0n) is 29.6. The first-order valence-corrected chi connectivity index (χ1v) is 16.8. The Morgan fingerprint density at radius 1 is 0.589 bits per heavy atom. The molecular formula is C34H41N7O15. The number of aromatic hydroxyl groups is 1. The summed E-state index contributed by atoms with van der Waals surface area (Å²) in [4.78, 5) is 121. The molecule has 22 heteroatoms. The number of nitrogens with two attached hydrogens (primary N) is 1. The minimum Gasteiger partial charge on any atom is -0.508 e. The highest BCUT2D eigenvalue weighted by Gasteiger charge is 2.31. The maximum absolute atomic E-state index is 13.8. The quantitative estimate of drug-likeness (QED) is 0.0415. The Balaban J connectivity index is 2.34. The summed E-state index contributed by atoms with van der Waals surface area (Å²) >= 11 is 0. The fraction of sp³-hybridized carbons (Fsp3) is 0.382. The third-order valence-corrected chi connectivity index (χ3v) is 7.84. The third-order valence-electron chi connectivity index (χ3n) is 7.84. The van der Waals surface area contributed by atoms with Crippen LogP contribution in [0.2, 0.25) is 0 Å². The van der Waals surface area contributed by atoms with E-state index in [-0.39, 0.29) is 24.3 Å². The number of hydrogen-bond donors (Lipinski definition) is 10. The number of carboxylic acid groups (broad SMARTS) is 3. The molecule has 0 radical (unpaired) electrons. The lowest BCUT2D eigenvalue weighted by atomic mass is 10.0. The number of non-ortho nitro benzene ring substituents is 1. The Morgan fingerprint density at radius 2 is 1.04 bits per heavy atom. The number of nitrogens with one attached hydrogen (secondary N) is 5. The molecule has 6 amide bonds. The van der Waals surface area contributed by atoms with Crippen molar-refractivity contribution >= 4 is 59.0 Å². The summed E-state index contributed by atoms with van der Waals surface area (Å²) in [7, 11) is 0. The van der Waals surface area contributed by atoms with E-state index in [4.69, 9.17) is 21.1 Å². The highest BCUT2D eigenvalue weighted by Crippen LogP contribution is 2.15. The molecule has 11 N–H and O–H groups in total. The van der Waals surface area contributed by atoms with Gasteiger partial charge in [0.25, 0.3) is 5.69 Å². The first kappa shape index (κ1) is 45.0. The molecule has 2 aromatic rings. The average molecular weight is 788 g/mol. The van der Waals surface area contributed by atoms with Gasteiger partial charge in [-0.25, -0.2) is 0 Å². The molecule has 56 heavy (non-hydrogen) atoms. The van der Waals surface area contributed by atoms with Gasteiger partial charge >= 0.3 is 17.9 Å². The van der Waals surface area contributed by atoms with Crippen LogP contribution >= 0.6 is 0 Å². The second-order valence-corrected chi connectivity index (χ2v) is 12.2. The first-order chi connectivity index (χ1) is 26.3. The van der Waals surface area contributed by atoms with Gasteiger partial charge in [0.2, 0.25) is 35.4 Å². The highest BCUT2D eigenvalue weighted by molar-refractivity contribution is 5.96. The Hall–Kier alpha value is -7.13. The van der Waals surface area contributed by atoms with E-state index < -0.39 is 128 Å². The zero-order chi connectivity index (χ0) is 41.9. The van der Waals surface area contributed by atoms with Crippen LogP contribution < -0.4 is 32.3 Å². The van der Waals surface area contributed by atoms with Crippen molar-refractivity contribution in [2.24, 2.45) is 5.73 Å². The Bertz CT molecular complexity index is 1780. The molecule has 302 valence electrons. The molecule has 2 rings (SSSR count). The number of rotatable bonds is 24. The number of primary amides is 1. The second-order valence-electron chi connectivity index (χ2n) is 12.2. The molecule has 0 fully saturated rings. The summed E-state index contributed by atoms with van der Waals surface area (Å²) < 4.78 is 0. The molecule has 22 nitrogen and oxygen atoms in total. The number of amides is 6. The number of carbonyl (C=O) groups excluding carboxylic acids is 6. The Morgan fingerprint density at radius 3 is 1.52 bits per heavy atom. The molecule has 0 aromatic heterocycles. The van der Waals surface area contributed by atoms with Crippen molar-refractivity contribution in [1.82, 2.24) is 26.6 Å². The lowest BCUT2D eigenvalue weighted by molar-refractivity contribution is -0.384. The molecule has 4 atom stereocenters. The highest BCUT2D eigenvalue weighted by atomic mass is 16.6. The van der Waals surface area contributed by atoms with Crippen molar-refractivity contribution in [3.05, 3.63) is 69.8 Å². The van der Waals surface area contributed by atoms with Gasteiger partial charge in [-0.15, -0.1) is 0 Å². The SMILES string of the molecule is NC(=O)C(CCC(=O)O)NC(=O)[C@H](Cc1ccc([N+](=O)[O-])cc1)NC(=O)[C@H](Cc1ccc(O)cc1)NC(=O)CNC(=O)[C@H](CCC(=O)O)NC(=O)CCC(=O)O. The summed E-state index contributed by atoms with van der Waals surface area (Å²) in [5.41, 5.74) is 5.77. The molecule has 0 aliphatic rings. The molecule has 1 unspecified atom stereocenters. The van der Waals surface area contributed by atoms with Crippen LogP contribution in [0.25, 0.3) is 0 Å².